The molecule has 1 N–H and O–H groups in total. The Labute approximate surface area is 171 Å². The van der Waals surface area contributed by atoms with Gasteiger partial charge in [0.15, 0.2) is 0 Å². The summed E-state index contributed by atoms with van der Waals surface area (Å²) in [6, 6.07) is 10.1. The molecule has 2 aromatic rings. The Morgan fingerprint density at radius 2 is 1.86 bits per heavy atom. The number of carbonyl (C=O) groups is 1. The molecule has 158 valence electrons. The summed E-state index contributed by atoms with van der Waals surface area (Å²) in [6.45, 7) is 3.92. The minimum atomic E-state index is -3.66. The van der Waals surface area contributed by atoms with Gasteiger partial charge in [-0.25, -0.2) is 12.8 Å². The third-order valence-corrected chi connectivity index (χ3v) is 5.61. The van der Waals surface area contributed by atoms with Crippen molar-refractivity contribution in [3.05, 3.63) is 59.4 Å². The van der Waals surface area contributed by atoms with Crippen LogP contribution >= 0.6 is 0 Å². The monoisotopic (exact) mass is 422 g/mol. The fourth-order valence-electron chi connectivity index (χ4n) is 3.02. The number of nitrogens with zero attached hydrogens (tertiary/aromatic N) is 1. The molecule has 0 saturated carbocycles. The lowest BCUT2D eigenvalue weighted by atomic mass is 10.1. The van der Waals surface area contributed by atoms with Crippen LogP contribution in [0.25, 0.3) is 0 Å². The van der Waals surface area contributed by atoms with Gasteiger partial charge in [0, 0.05) is 17.2 Å². The van der Waals surface area contributed by atoms with Crippen molar-refractivity contribution in [1.82, 2.24) is 5.32 Å². The van der Waals surface area contributed by atoms with E-state index in [0.29, 0.717) is 22.6 Å². The Morgan fingerprint density at radius 1 is 1.21 bits per heavy atom. The van der Waals surface area contributed by atoms with Gasteiger partial charge in [0.25, 0.3) is 5.91 Å². The number of ether oxygens (including phenoxy) is 1. The van der Waals surface area contributed by atoms with E-state index in [-0.39, 0.29) is 18.5 Å². The van der Waals surface area contributed by atoms with Gasteiger partial charge in [-0.2, -0.15) is 0 Å². The van der Waals surface area contributed by atoms with Crippen LogP contribution in [0.3, 0.4) is 0 Å². The highest BCUT2D eigenvalue weighted by molar-refractivity contribution is 7.92. The molecule has 0 heterocycles. The van der Waals surface area contributed by atoms with E-state index in [1.165, 1.54) is 31.4 Å². The van der Waals surface area contributed by atoms with Crippen LogP contribution in [-0.2, 0) is 16.6 Å². The van der Waals surface area contributed by atoms with Crippen molar-refractivity contribution in [2.75, 3.05) is 17.7 Å². The summed E-state index contributed by atoms with van der Waals surface area (Å²) in [6.07, 6.45) is 2.89. The van der Waals surface area contributed by atoms with Gasteiger partial charge >= 0.3 is 0 Å². The molecular formula is C21H27FN2O4S. The molecule has 2 rings (SSSR count). The van der Waals surface area contributed by atoms with Crippen LogP contribution in [0.15, 0.2) is 42.5 Å². The second-order valence-electron chi connectivity index (χ2n) is 6.94. The Kier molecular flexibility index (Phi) is 7.61. The molecule has 1 amide bonds. The second kappa shape index (κ2) is 9.73. The van der Waals surface area contributed by atoms with Crippen LogP contribution in [0.1, 0.15) is 42.6 Å². The van der Waals surface area contributed by atoms with E-state index < -0.39 is 15.8 Å². The van der Waals surface area contributed by atoms with Gasteiger partial charge in [0.2, 0.25) is 10.0 Å². The topological polar surface area (TPSA) is 75.7 Å². The Balaban J connectivity index is 2.37. The van der Waals surface area contributed by atoms with Crippen molar-refractivity contribution < 1.29 is 22.3 Å². The number of sulfonamides is 1. The van der Waals surface area contributed by atoms with E-state index in [1.807, 2.05) is 13.8 Å². The predicted molar refractivity (Wildman–Crippen MR) is 112 cm³/mol. The van der Waals surface area contributed by atoms with Gasteiger partial charge in [-0.15, -0.1) is 0 Å². The van der Waals surface area contributed by atoms with Crippen LogP contribution in [-0.4, -0.2) is 33.7 Å². The molecule has 6 nitrogen and oxygen atoms in total. The van der Waals surface area contributed by atoms with E-state index in [0.717, 1.165) is 23.4 Å². The first kappa shape index (κ1) is 22.7. The number of benzene rings is 2. The maximum Gasteiger partial charge on any atom is 0.251 e. The Morgan fingerprint density at radius 3 is 2.41 bits per heavy atom. The highest BCUT2D eigenvalue weighted by Gasteiger charge is 2.21. The van der Waals surface area contributed by atoms with Crippen LogP contribution in [0.4, 0.5) is 10.1 Å². The van der Waals surface area contributed by atoms with Crippen LogP contribution in [0, 0.1) is 5.82 Å². The fourth-order valence-corrected chi connectivity index (χ4v) is 3.90. The van der Waals surface area contributed by atoms with Crippen molar-refractivity contribution in [1.29, 1.82) is 0 Å². The first-order chi connectivity index (χ1) is 13.7. The average Bonchev–Trinajstić information content (AvgIpc) is 2.66. The van der Waals surface area contributed by atoms with E-state index in [9.17, 15) is 17.6 Å². The molecule has 1 atom stereocenters. The van der Waals surface area contributed by atoms with Gasteiger partial charge in [0.1, 0.15) is 11.6 Å². The summed E-state index contributed by atoms with van der Waals surface area (Å²) in [5.41, 5.74) is 1.26. The van der Waals surface area contributed by atoms with E-state index in [1.54, 1.807) is 18.2 Å². The second-order valence-corrected chi connectivity index (χ2v) is 8.84. The van der Waals surface area contributed by atoms with Gasteiger partial charge < -0.3 is 10.1 Å². The van der Waals surface area contributed by atoms with Gasteiger partial charge in [0.05, 0.1) is 25.6 Å². The maximum atomic E-state index is 13.3. The summed E-state index contributed by atoms with van der Waals surface area (Å²) in [5, 5.41) is 2.93. The minimum absolute atomic E-state index is 0.0322. The molecular weight excluding hydrogens is 395 g/mol. The van der Waals surface area contributed by atoms with Gasteiger partial charge in [-0.1, -0.05) is 13.3 Å². The molecule has 0 fully saturated rings. The van der Waals surface area contributed by atoms with Crippen molar-refractivity contribution in [2.24, 2.45) is 0 Å². The van der Waals surface area contributed by atoms with Crippen molar-refractivity contribution in [2.45, 2.75) is 39.3 Å². The summed E-state index contributed by atoms with van der Waals surface area (Å²) >= 11 is 0. The largest absolute Gasteiger partial charge is 0.496 e. The standard InChI is InChI=1S/C21H27FN2O4S/c1-5-6-15(2)23-21(25)16-7-12-20(28-3)17(13-16)14-24(29(4,26)27)19-10-8-18(22)9-11-19/h7-13,15H,5-6,14H2,1-4H3,(H,23,25)/t15-/m1/s1. The van der Waals surface area contributed by atoms with Crippen molar-refractivity contribution in [3.8, 4) is 5.75 Å². The summed E-state index contributed by atoms with van der Waals surface area (Å²) in [4.78, 5) is 12.5. The van der Waals surface area contributed by atoms with Crippen molar-refractivity contribution >= 4 is 21.6 Å². The van der Waals surface area contributed by atoms with Gasteiger partial charge in [-0.05, 0) is 55.8 Å². The van der Waals surface area contributed by atoms with E-state index in [4.69, 9.17) is 4.74 Å². The van der Waals surface area contributed by atoms with Crippen LogP contribution < -0.4 is 14.4 Å². The number of rotatable bonds is 9. The number of anilines is 1. The number of halogens is 1. The summed E-state index contributed by atoms with van der Waals surface area (Å²) in [5.74, 6) is -0.235. The average molecular weight is 423 g/mol. The maximum absolute atomic E-state index is 13.3. The van der Waals surface area contributed by atoms with Crippen molar-refractivity contribution in [3.63, 3.8) is 0 Å². The lowest BCUT2D eigenvalue weighted by Gasteiger charge is -2.24. The summed E-state index contributed by atoms with van der Waals surface area (Å²) in [7, 11) is -2.18. The molecule has 0 aliphatic heterocycles. The Bertz CT molecular complexity index is 946. The SMILES string of the molecule is CCC[C@@H](C)NC(=O)c1ccc(OC)c(CN(c2ccc(F)cc2)S(C)(=O)=O)c1. The van der Waals surface area contributed by atoms with Crippen LogP contribution in [0.5, 0.6) is 5.75 Å². The molecule has 0 saturated heterocycles. The zero-order valence-corrected chi connectivity index (χ0v) is 17.9. The molecule has 0 aliphatic carbocycles. The smallest absolute Gasteiger partial charge is 0.251 e. The molecule has 29 heavy (non-hydrogen) atoms. The zero-order valence-electron chi connectivity index (χ0n) is 17.1. The number of hydrogen-bond donors (Lipinski definition) is 1. The number of methoxy groups -OCH3 is 1. The summed E-state index contributed by atoms with van der Waals surface area (Å²) < 4.78 is 44.5. The lowest BCUT2D eigenvalue weighted by molar-refractivity contribution is 0.0938. The van der Waals surface area contributed by atoms with E-state index in [2.05, 4.69) is 5.32 Å². The quantitative estimate of drug-likeness (QED) is 0.668. The first-order valence-electron chi connectivity index (χ1n) is 9.36. The molecule has 0 unspecified atom stereocenters. The zero-order chi connectivity index (χ0) is 21.6. The third-order valence-electron chi connectivity index (χ3n) is 4.47. The molecule has 8 heteroatoms. The molecule has 0 bridgehead atoms. The molecule has 0 aromatic heterocycles. The number of carbonyl (C=O) groups excluding carboxylic acids is 1. The highest BCUT2D eigenvalue weighted by atomic mass is 32.2. The lowest BCUT2D eigenvalue weighted by Crippen LogP contribution is -2.33. The third kappa shape index (κ3) is 6.19. The van der Waals surface area contributed by atoms with Crippen LogP contribution in [0.2, 0.25) is 0 Å². The number of hydrogen-bond acceptors (Lipinski definition) is 4. The number of nitrogens with one attached hydrogen (secondary N) is 1. The van der Waals surface area contributed by atoms with E-state index >= 15 is 0 Å². The molecule has 0 spiro atoms. The predicted octanol–water partition coefficient (Wildman–Crippen LogP) is 3.72. The fraction of sp³-hybridized carbons (Fsp3) is 0.381. The number of amides is 1. The molecule has 0 aliphatic rings. The Hall–Kier alpha value is -2.61. The molecule has 2 aromatic carbocycles. The highest BCUT2D eigenvalue weighted by Crippen LogP contribution is 2.26. The first-order valence-corrected chi connectivity index (χ1v) is 11.2. The molecule has 0 radical (unpaired) electrons. The minimum Gasteiger partial charge on any atom is -0.496 e. The van der Waals surface area contributed by atoms with Gasteiger partial charge in [-0.3, -0.25) is 9.10 Å². The normalized spacial score (nSPS) is 12.3.